The van der Waals surface area contributed by atoms with Crippen LogP contribution in [0, 0.1) is 0 Å². The lowest BCUT2D eigenvalue weighted by Gasteiger charge is -2.14. The highest BCUT2D eigenvalue weighted by atomic mass is 16.3. The van der Waals surface area contributed by atoms with Gasteiger partial charge in [-0.2, -0.15) is 0 Å². The zero-order chi connectivity index (χ0) is 10.6. The number of carbonyl (C=O) groups excluding carboxylic acids is 1. The summed E-state index contributed by atoms with van der Waals surface area (Å²) in [6.45, 7) is 3.01. The van der Waals surface area contributed by atoms with Crippen molar-refractivity contribution < 1.29 is 9.90 Å². The molecular weight excluding hydrogens is 180 g/mol. The molecule has 0 bridgehead atoms. The summed E-state index contributed by atoms with van der Waals surface area (Å²) in [5, 5.41) is 8.83. The van der Waals surface area contributed by atoms with E-state index < -0.39 is 0 Å². The molecule has 0 saturated heterocycles. The molecule has 0 spiro atoms. The lowest BCUT2D eigenvalue weighted by molar-refractivity contribution is -0.130. The van der Waals surface area contributed by atoms with Gasteiger partial charge in [0.25, 0.3) is 0 Å². The van der Waals surface area contributed by atoms with Crippen molar-refractivity contribution in [3.05, 3.63) is 24.0 Å². The Morgan fingerprint density at radius 3 is 2.86 bits per heavy atom. The molecule has 1 amide bonds. The first kappa shape index (κ1) is 10.8. The second-order valence-corrected chi connectivity index (χ2v) is 3.26. The third kappa shape index (κ3) is 2.60. The molecule has 1 rings (SSSR count). The van der Waals surface area contributed by atoms with Gasteiger partial charge in [0.2, 0.25) is 5.91 Å². The van der Waals surface area contributed by atoms with E-state index in [0.29, 0.717) is 13.1 Å². The normalized spacial score (nSPS) is 10.2. The topological polar surface area (TPSA) is 45.5 Å². The molecule has 14 heavy (non-hydrogen) atoms. The quantitative estimate of drug-likeness (QED) is 0.760. The van der Waals surface area contributed by atoms with Crippen LogP contribution in [0.4, 0.5) is 0 Å². The van der Waals surface area contributed by atoms with Crippen LogP contribution in [0.1, 0.15) is 12.5 Å². The molecule has 0 aliphatic heterocycles. The maximum Gasteiger partial charge on any atom is 0.242 e. The first-order valence-corrected chi connectivity index (χ1v) is 4.66. The molecule has 1 N–H and O–H groups in total. The van der Waals surface area contributed by atoms with Crippen LogP contribution in [0.2, 0.25) is 0 Å². The summed E-state index contributed by atoms with van der Waals surface area (Å²) >= 11 is 0. The van der Waals surface area contributed by atoms with Crippen LogP contribution in [0.3, 0.4) is 0 Å². The summed E-state index contributed by atoms with van der Waals surface area (Å²) in [6, 6.07) is 1.80. The van der Waals surface area contributed by atoms with Crippen LogP contribution in [-0.2, 0) is 17.9 Å². The molecule has 1 heterocycles. The predicted octanol–water partition coefficient (Wildman–Crippen LogP) is 0.459. The van der Waals surface area contributed by atoms with E-state index in [1.165, 1.54) is 0 Å². The summed E-state index contributed by atoms with van der Waals surface area (Å²) in [7, 11) is 1.78. The van der Waals surface area contributed by atoms with Crippen molar-refractivity contribution in [1.82, 2.24) is 9.47 Å². The van der Waals surface area contributed by atoms with Crippen molar-refractivity contribution in [2.24, 2.45) is 0 Å². The number of carbonyl (C=O) groups is 1. The standard InChI is InChI=1S/C10H16N2O2/c1-3-11(2)10(14)7-12-5-4-9(6-12)8-13/h4-6,13H,3,7-8H2,1-2H3. The maximum atomic E-state index is 11.5. The van der Waals surface area contributed by atoms with E-state index in [9.17, 15) is 4.79 Å². The zero-order valence-corrected chi connectivity index (χ0v) is 8.60. The lowest BCUT2D eigenvalue weighted by atomic mass is 10.4. The predicted molar refractivity (Wildman–Crippen MR) is 53.7 cm³/mol. The minimum Gasteiger partial charge on any atom is -0.392 e. The second-order valence-electron chi connectivity index (χ2n) is 3.26. The van der Waals surface area contributed by atoms with Gasteiger partial charge in [-0.1, -0.05) is 0 Å². The minimum atomic E-state index is 0.0187. The SMILES string of the molecule is CCN(C)C(=O)Cn1ccc(CO)c1. The van der Waals surface area contributed by atoms with Crippen molar-refractivity contribution in [2.45, 2.75) is 20.1 Å². The largest absolute Gasteiger partial charge is 0.392 e. The van der Waals surface area contributed by atoms with Gasteiger partial charge >= 0.3 is 0 Å². The van der Waals surface area contributed by atoms with Gasteiger partial charge in [-0.15, -0.1) is 0 Å². The first-order chi connectivity index (χ1) is 6.67. The Kier molecular flexibility index (Phi) is 3.71. The van der Waals surface area contributed by atoms with Crippen LogP contribution < -0.4 is 0 Å². The number of amides is 1. The Bertz CT molecular complexity index is 307. The minimum absolute atomic E-state index is 0.0187. The Hall–Kier alpha value is -1.29. The molecule has 0 aromatic carbocycles. The van der Waals surface area contributed by atoms with Crippen LogP contribution in [-0.4, -0.2) is 34.1 Å². The summed E-state index contributed by atoms with van der Waals surface area (Å²) < 4.78 is 1.78. The van der Waals surface area contributed by atoms with E-state index in [0.717, 1.165) is 5.56 Å². The third-order valence-electron chi connectivity index (χ3n) is 2.21. The maximum absolute atomic E-state index is 11.5. The van der Waals surface area contributed by atoms with Gasteiger partial charge in [0.1, 0.15) is 6.54 Å². The van der Waals surface area contributed by atoms with Crippen LogP contribution in [0.5, 0.6) is 0 Å². The molecular formula is C10H16N2O2. The Morgan fingerprint density at radius 1 is 1.64 bits per heavy atom. The van der Waals surface area contributed by atoms with Crippen molar-refractivity contribution in [2.75, 3.05) is 13.6 Å². The third-order valence-corrected chi connectivity index (χ3v) is 2.21. The number of rotatable bonds is 4. The number of hydrogen-bond acceptors (Lipinski definition) is 2. The van der Waals surface area contributed by atoms with E-state index in [1.54, 1.807) is 35.0 Å². The summed E-state index contributed by atoms with van der Waals surface area (Å²) in [4.78, 5) is 13.1. The summed E-state index contributed by atoms with van der Waals surface area (Å²) in [5.41, 5.74) is 0.831. The second kappa shape index (κ2) is 4.81. The van der Waals surface area contributed by atoms with E-state index in [4.69, 9.17) is 5.11 Å². The van der Waals surface area contributed by atoms with Gasteiger partial charge in [0.15, 0.2) is 0 Å². The van der Waals surface area contributed by atoms with E-state index >= 15 is 0 Å². The fourth-order valence-corrected chi connectivity index (χ4v) is 1.14. The van der Waals surface area contributed by atoms with Gasteiger partial charge in [-0.25, -0.2) is 0 Å². The molecule has 0 atom stereocenters. The van der Waals surface area contributed by atoms with Crippen molar-refractivity contribution in [3.8, 4) is 0 Å². The highest BCUT2D eigenvalue weighted by molar-refractivity contribution is 5.75. The number of aliphatic hydroxyl groups is 1. The number of hydrogen-bond donors (Lipinski definition) is 1. The van der Waals surface area contributed by atoms with Crippen LogP contribution in [0.15, 0.2) is 18.5 Å². The van der Waals surface area contributed by atoms with Gasteiger partial charge in [-0.05, 0) is 18.6 Å². The van der Waals surface area contributed by atoms with E-state index in [-0.39, 0.29) is 12.5 Å². The molecule has 4 nitrogen and oxygen atoms in total. The van der Waals surface area contributed by atoms with Crippen LogP contribution in [0.25, 0.3) is 0 Å². The summed E-state index contributed by atoms with van der Waals surface area (Å²) in [6.07, 6.45) is 3.58. The molecule has 0 fully saturated rings. The van der Waals surface area contributed by atoms with E-state index in [1.807, 2.05) is 6.92 Å². The number of likely N-dealkylation sites (N-methyl/N-ethyl adjacent to an activating group) is 1. The molecule has 0 unspecified atom stereocenters. The zero-order valence-electron chi connectivity index (χ0n) is 8.60. The summed E-state index contributed by atoms with van der Waals surface area (Å²) in [5.74, 6) is 0.0765. The average molecular weight is 196 g/mol. The Morgan fingerprint density at radius 2 is 2.36 bits per heavy atom. The van der Waals surface area contributed by atoms with Gasteiger partial charge in [-0.3, -0.25) is 4.79 Å². The van der Waals surface area contributed by atoms with Crippen LogP contribution >= 0.6 is 0 Å². The van der Waals surface area contributed by atoms with Gasteiger partial charge < -0.3 is 14.6 Å². The molecule has 0 aliphatic rings. The number of aliphatic hydroxyl groups excluding tert-OH is 1. The molecule has 0 saturated carbocycles. The van der Waals surface area contributed by atoms with Crippen molar-refractivity contribution in [3.63, 3.8) is 0 Å². The fraction of sp³-hybridized carbons (Fsp3) is 0.500. The average Bonchev–Trinajstić information content (AvgIpc) is 2.64. The smallest absolute Gasteiger partial charge is 0.242 e. The first-order valence-electron chi connectivity index (χ1n) is 4.66. The highest BCUT2D eigenvalue weighted by Gasteiger charge is 2.06. The fourth-order valence-electron chi connectivity index (χ4n) is 1.14. The molecule has 4 heteroatoms. The van der Waals surface area contributed by atoms with Crippen molar-refractivity contribution in [1.29, 1.82) is 0 Å². The van der Waals surface area contributed by atoms with Gasteiger partial charge in [0.05, 0.1) is 6.61 Å². The lowest BCUT2D eigenvalue weighted by Crippen LogP contribution is -2.29. The monoisotopic (exact) mass is 196 g/mol. The molecule has 0 aliphatic carbocycles. The molecule has 78 valence electrons. The highest BCUT2D eigenvalue weighted by Crippen LogP contribution is 2.01. The number of aromatic nitrogens is 1. The number of nitrogens with zero attached hydrogens (tertiary/aromatic N) is 2. The van der Waals surface area contributed by atoms with Gasteiger partial charge in [0, 0.05) is 26.0 Å². The van der Waals surface area contributed by atoms with E-state index in [2.05, 4.69) is 0 Å². The van der Waals surface area contributed by atoms with Crippen molar-refractivity contribution >= 4 is 5.91 Å². The molecule has 1 aromatic heterocycles. The Balaban J connectivity index is 2.56. The Labute approximate surface area is 83.8 Å². The molecule has 0 radical (unpaired) electrons. The molecule has 1 aromatic rings.